The maximum absolute atomic E-state index is 8.61. The van der Waals surface area contributed by atoms with E-state index in [1.165, 1.54) is 0 Å². The summed E-state index contributed by atoms with van der Waals surface area (Å²) in [6.45, 7) is 5.24. The maximum atomic E-state index is 8.61. The van der Waals surface area contributed by atoms with Crippen molar-refractivity contribution in [2.75, 3.05) is 13.2 Å². The van der Waals surface area contributed by atoms with Gasteiger partial charge in [0.2, 0.25) is 0 Å². The van der Waals surface area contributed by atoms with Gasteiger partial charge in [-0.3, -0.25) is 0 Å². The third kappa shape index (κ3) is 5.99. The molecule has 0 heterocycles. The number of hydrogen-bond donors (Lipinski definition) is 1. The Morgan fingerprint density at radius 2 is 1.94 bits per heavy atom. The molecular formula is C15H20O2. The lowest BCUT2D eigenvalue weighted by Gasteiger charge is -2.07. The van der Waals surface area contributed by atoms with Crippen molar-refractivity contribution in [3.8, 4) is 17.6 Å². The second kappa shape index (κ2) is 7.76. The third-order valence-electron chi connectivity index (χ3n) is 2.29. The summed E-state index contributed by atoms with van der Waals surface area (Å²) in [5.74, 6) is 7.42. The third-order valence-corrected chi connectivity index (χ3v) is 2.29. The zero-order valence-corrected chi connectivity index (χ0v) is 10.6. The largest absolute Gasteiger partial charge is 0.494 e. The molecule has 0 unspecified atom stereocenters. The van der Waals surface area contributed by atoms with Crippen LogP contribution in [0.1, 0.15) is 32.3 Å². The molecule has 1 rings (SSSR count). The highest BCUT2D eigenvalue weighted by Gasteiger charge is 1.96. The van der Waals surface area contributed by atoms with E-state index in [2.05, 4.69) is 25.7 Å². The molecule has 1 aromatic rings. The molecule has 0 bridgehead atoms. The van der Waals surface area contributed by atoms with E-state index in [-0.39, 0.29) is 6.61 Å². The monoisotopic (exact) mass is 232 g/mol. The van der Waals surface area contributed by atoms with Crippen LogP contribution in [0.5, 0.6) is 5.75 Å². The minimum absolute atomic E-state index is 0.114. The lowest BCUT2D eigenvalue weighted by Crippen LogP contribution is -2.01. The van der Waals surface area contributed by atoms with Crippen LogP contribution < -0.4 is 4.74 Å². The zero-order valence-electron chi connectivity index (χ0n) is 10.6. The normalized spacial score (nSPS) is 9.88. The van der Waals surface area contributed by atoms with Gasteiger partial charge >= 0.3 is 0 Å². The standard InChI is InChI=1S/C15H20O2/c1-13(2)10-12-17-15-8-6-14(7-9-15)5-3-4-11-16/h6-9,13,16H,4,10-12H2,1-2H3. The molecule has 0 aromatic heterocycles. The Labute approximate surface area is 104 Å². The summed E-state index contributed by atoms with van der Waals surface area (Å²) in [4.78, 5) is 0. The molecule has 0 fully saturated rings. The predicted molar refractivity (Wildman–Crippen MR) is 70.0 cm³/mol. The van der Waals surface area contributed by atoms with Crippen LogP contribution in [0.2, 0.25) is 0 Å². The van der Waals surface area contributed by atoms with Gasteiger partial charge in [-0.05, 0) is 36.6 Å². The van der Waals surface area contributed by atoms with Crippen LogP contribution in [0, 0.1) is 17.8 Å². The highest BCUT2D eigenvalue weighted by molar-refractivity contribution is 5.38. The fraction of sp³-hybridized carbons (Fsp3) is 0.467. The molecule has 0 radical (unpaired) electrons. The fourth-order valence-corrected chi connectivity index (χ4v) is 1.27. The van der Waals surface area contributed by atoms with Crippen LogP contribution in [0.25, 0.3) is 0 Å². The molecule has 2 nitrogen and oxygen atoms in total. The summed E-state index contributed by atoms with van der Waals surface area (Å²) >= 11 is 0. The molecule has 2 heteroatoms. The predicted octanol–water partition coefficient (Wildman–Crippen LogP) is 2.85. The Kier molecular flexibility index (Phi) is 6.21. The van der Waals surface area contributed by atoms with Gasteiger partial charge in [0.25, 0.3) is 0 Å². The summed E-state index contributed by atoms with van der Waals surface area (Å²) in [7, 11) is 0. The smallest absolute Gasteiger partial charge is 0.119 e. The van der Waals surface area contributed by atoms with Gasteiger partial charge in [0.05, 0.1) is 13.2 Å². The number of rotatable bonds is 5. The van der Waals surface area contributed by atoms with Crippen molar-refractivity contribution >= 4 is 0 Å². The second-order valence-electron chi connectivity index (χ2n) is 4.33. The van der Waals surface area contributed by atoms with Crippen LogP contribution in [0.3, 0.4) is 0 Å². The Balaban J connectivity index is 2.43. The van der Waals surface area contributed by atoms with E-state index in [0.717, 1.165) is 24.3 Å². The second-order valence-corrected chi connectivity index (χ2v) is 4.33. The van der Waals surface area contributed by atoms with Gasteiger partial charge < -0.3 is 9.84 Å². The van der Waals surface area contributed by atoms with Crippen molar-refractivity contribution in [3.05, 3.63) is 29.8 Å². The van der Waals surface area contributed by atoms with E-state index in [1.807, 2.05) is 24.3 Å². The van der Waals surface area contributed by atoms with Gasteiger partial charge in [-0.25, -0.2) is 0 Å². The van der Waals surface area contributed by atoms with Gasteiger partial charge in [-0.15, -0.1) is 0 Å². The summed E-state index contributed by atoms with van der Waals surface area (Å²) in [6.07, 6.45) is 1.59. The lowest BCUT2D eigenvalue weighted by molar-refractivity contribution is 0.289. The molecule has 0 spiro atoms. The number of aliphatic hydroxyl groups excluding tert-OH is 1. The minimum atomic E-state index is 0.114. The van der Waals surface area contributed by atoms with E-state index >= 15 is 0 Å². The molecule has 1 aromatic carbocycles. The van der Waals surface area contributed by atoms with Gasteiger partial charge in [-0.2, -0.15) is 0 Å². The Bertz CT molecular complexity index is 368. The molecule has 17 heavy (non-hydrogen) atoms. The van der Waals surface area contributed by atoms with E-state index in [4.69, 9.17) is 9.84 Å². The SMILES string of the molecule is CC(C)CCOc1ccc(C#CCCO)cc1. The first-order chi connectivity index (χ1) is 8.22. The van der Waals surface area contributed by atoms with E-state index in [0.29, 0.717) is 12.3 Å². The zero-order chi connectivity index (χ0) is 12.5. The molecule has 0 atom stereocenters. The minimum Gasteiger partial charge on any atom is -0.494 e. The van der Waals surface area contributed by atoms with Crippen LogP contribution >= 0.6 is 0 Å². The van der Waals surface area contributed by atoms with Crippen molar-refractivity contribution in [2.24, 2.45) is 5.92 Å². The highest BCUT2D eigenvalue weighted by atomic mass is 16.5. The summed E-state index contributed by atoms with van der Waals surface area (Å²) < 4.78 is 5.61. The van der Waals surface area contributed by atoms with Crippen LogP contribution in [-0.2, 0) is 0 Å². The Hall–Kier alpha value is -1.46. The highest BCUT2D eigenvalue weighted by Crippen LogP contribution is 2.12. The molecule has 1 N–H and O–H groups in total. The van der Waals surface area contributed by atoms with Crippen LogP contribution in [-0.4, -0.2) is 18.3 Å². The fourth-order valence-electron chi connectivity index (χ4n) is 1.27. The van der Waals surface area contributed by atoms with Gasteiger partial charge in [0.1, 0.15) is 5.75 Å². The molecule has 92 valence electrons. The first-order valence-electron chi connectivity index (χ1n) is 6.05. The summed E-state index contributed by atoms with van der Waals surface area (Å²) in [5.41, 5.74) is 0.953. The van der Waals surface area contributed by atoms with Crippen molar-refractivity contribution in [1.82, 2.24) is 0 Å². The molecule has 0 aliphatic rings. The molecule has 0 aliphatic heterocycles. The average Bonchev–Trinajstić information content (AvgIpc) is 2.31. The van der Waals surface area contributed by atoms with E-state index in [1.54, 1.807) is 0 Å². The number of hydrogen-bond acceptors (Lipinski definition) is 2. The first-order valence-corrected chi connectivity index (χ1v) is 6.05. The summed E-state index contributed by atoms with van der Waals surface area (Å²) in [6, 6.07) is 7.75. The maximum Gasteiger partial charge on any atom is 0.119 e. The molecule has 0 aliphatic carbocycles. The quantitative estimate of drug-likeness (QED) is 0.791. The van der Waals surface area contributed by atoms with Crippen LogP contribution in [0.15, 0.2) is 24.3 Å². The number of aliphatic hydroxyl groups is 1. The van der Waals surface area contributed by atoms with Gasteiger partial charge in [0.15, 0.2) is 0 Å². The molecular weight excluding hydrogens is 212 g/mol. The first kappa shape index (κ1) is 13.6. The molecule has 0 amide bonds. The van der Waals surface area contributed by atoms with E-state index < -0.39 is 0 Å². The number of benzene rings is 1. The Morgan fingerprint density at radius 3 is 2.53 bits per heavy atom. The molecule has 0 saturated heterocycles. The molecule has 0 saturated carbocycles. The lowest BCUT2D eigenvalue weighted by atomic mass is 10.1. The average molecular weight is 232 g/mol. The van der Waals surface area contributed by atoms with Gasteiger partial charge in [-0.1, -0.05) is 25.7 Å². The van der Waals surface area contributed by atoms with Crippen molar-refractivity contribution in [1.29, 1.82) is 0 Å². The van der Waals surface area contributed by atoms with Crippen molar-refractivity contribution in [3.63, 3.8) is 0 Å². The van der Waals surface area contributed by atoms with Crippen molar-refractivity contribution < 1.29 is 9.84 Å². The number of ether oxygens (including phenoxy) is 1. The van der Waals surface area contributed by atoms with Crippen LogP contribution in [0.4, 0.5) is 0 Å². The van der Waals surface area contributed by atoms with E-state index in [9.17, 15) is 0 Å². The van der Waals surface area contributed by atoms with Gasteiger partial charge in [0, 0.05) is 12.0 Å². The Morgan fingerprint density at radius 1 is 1.24 bits per heavy atom. The summed E-state index contributed by atoms with van der Waals surface area (Å²) in [5, 5.41) is 8.61. The van der Waals surface area contributed by atoms with Crippen molar-refractivity contribution in [2.45, 2.75) is 26.7 Å². The topological polar surface area (TPSA) is 29.5 Å².